The highest BCUT2D eigenvalue weighted by Gasteiger charge is 2.04. The lowest BCUT2D eigenvalue weighted by Crippen LogP contribution is -1.94. The Morgan fingerprint density at radius 1 is 1.25 bits per heavy atom. The summed E-state index contributed by atoms with van der Waals surface area (Å²) in [5.41, 5.74) is 6.48. The van der Waals surface area contributed by atoms with E-state index in [4.69, 9.17) is 22.1 Å². The molecule has 4 nitrogen and oxygen atoms in total. The SMILES string of the molecule is Cc1ccc(Oc2cnc(N)cn2)c(Cl)c1. The van der Waals surface area contributed by atoms with E-state index < -0.39 is 0 Å². The van der Waals surface area contributed by atoms with Gasteiger partial charge in [0.1, 0.15) is 11.6 Å². The molecule has 2 N–H and O–H groups in total. The largest absolute Gasteiger partial charge is 0.436 e. The summed E-state index contributed by atoms with van der Waals surface area (Å²) < 4.78 is 5.46. The monoisotopic (exact) mass is 235 g/mol. The van der Waals surface area contributed by atoms with Crippen LogP contribution in [0.2, 0.25) is 5.02 Å². The maximum atomic E-state index is 6.01. The van der Waals surface area contributed by atoms with Crippen molar-refractivity contribution in [3.63, 3.8) is 0 Å². The predicted molar refractivity (Wildman–Crippen MR) is 62.7 cm³/mol. The number of nitrogens with zero attached hydrogens (tertiary/aromatic N) is 2. The standard InChI is InChI=1S/C11H10ClN3O/c1-7-2-3-9(8(12)4-7)16-11-6-14-10(13)5-15-11/h2-6H,1H3,(H2,13,14). The van der Waals surface area contributed by atoms with Gasteiger partial charge in [0, 0.05) is 0 Å². The third-order valence-corrected chi connectivity index (χ3v) is 2.25. The van der Waals surface area contributed by atoms with Crippen LogP contribution in [0.5, 0.6) is 11.6 Å². The van der Waals surface area contributed by atoms with E-state index >= 15 is 0 Å². The van der Waals surface area contributed by atoms with E-state index in [9.17, 15) is 0 Å². The summed E-state index contributed by atoms with van der Waals surface area (Å²) in [6, 6.07) is 5.52. The van der Waals surface area contributed by atoms with Gasteiger partial charge in [-0.3, -0.25) is 0 Å². The Morgan fingerprint density at radius 2 is 2.06 bits per heavy atom. The van der Waals surface area contributed by atoms with Crippen LogP contribution in [0.25, 0.3) is 0 Å². The number of hydrogen-bond donors (Lipinski definition) is 1. The van der Waals surface area contributed by atoms with Gasteiger partial charge in [-0.25, -0.2) is 9.97 Å². The second-order valence-corrected chi connectivity index (χ2v) is 3.72. The van der Waals surface area contributed by atoms with Crippen molar-refractivity contribution in [2.45, 2.75) is 6.92 Å². The Balaban J connectivity index is 2.23. The van der Waals surface area contributed by atoms with Crippen molar-refractivity contribution in [1.29, 1.82) is 0 Å². The van der Waals surface area contributed by atoms with Gasteiger partial charge in [-0.05, 0) is 24.6 Å². The molecule has 0 radical (unpaired) electrons. The number of anilines is 1. The van der Waals surface area contributed by atoms with Crippen molar-refractivity contribution in [3.8, 4) is 11.6 Å². The molecule has 0 aliphatic rings. The van der Waals surface area contributed by atoms with E-state index in [1.54, 1.807) is 6.07 Å². The first kappa shape index (κ1) is 10.7. The number of aromatic nitrogens is 2. The van der Waals surface area contributed by atoms with Crippen LogP contribution in [0.15, 0.2) is 30.6 Å². The topological polar surface area (TPSA) is 61.0 Å². The Kier molecular flexibility index (Phi) is 2.92. The number of aryl methyl sites for hydroxylation is 1. The quantitative estimate of drug-likeness (QED) is 0.870. The Hall–Kier alpha value is -1.81. The van der Waals surface area contributed by atoms with Crippen LogP contribution < -0.4 is 10.5 Å². The number of halogens is 1. The van der Waals surface area contributed by atoms with Crippen molar-refractivity contribution >= 4 is 17.4 Å². The minimum atomic E-state index is 0.349. The maximum absolute atomic E-state index is 6.01. The molecular formula is C11H10ClN3O. The number of hydrogen-bond acceptors (Lipinski definition) is 4. The molecule has 0 atom stereocenters. The number of nitrogens with two attached hydrogens (primary N) is 1. The first-order chi connectivity index (χ1) is 7.65. The first-order valence-electron chi connectivity index (χ1n) is 4.66. The predicted octanol–water partition coefficient (Wildman–Crippen LogP) is 2.81. The molecule has 5 heteroatoms. The molecule has 2 rings (SSSR count). The molecule has 2 aromatic rings. The second-order valence-electron chi connectivity index (χ2n) is 3.32. The van der Waals surface area contributed by atoms with Gasteiger partial charge in [0.25, 0.3) is 0 Å². The van der Waals surface area contributed by atoms with E-state index in [2.05, 4.69) is 9.97 Å². The maximum Gasteiger partial charge on any atom is 0.238 e. The summed E-state index contributed by atoms with van der Waals surface area (Å²) in [5.74, 6) is 1.26. The van der Waals surface area contributed by atoms with Crippen LogP contribution in [0.3, 0.4) is 0 Å². The molecule has 16 heavy (non-hydrogen) atoms. The molecule has 0 amide bonds. The zero-order valence-corrected chi connectivity index (χ0v) is 9.40. The summed E-state index contributed by atoms with van der Waals surface area (Å²) in [7, 11) is 0. The summed E-state index contributed by atoms with van der Waals surface area (Å²) >= 11 is 6.01. The second kappa shape index (κ2) is 4.37. The van der Waals surface area contributed by atoms with Crippen molar-refractivity contribution in [2.24, 2.45) is 0 Å². The third kappa shape index (κ3) is 2.41. The molecule has 0 saturated heterocycles. The smallest absolute Gasteiger partial charge is 0.238 e. The molecule has 0 spiro atoms. The molecule has 0 aliphatic heterocycles. The highest BCUT2D eigenvalue weighted by atomic mass is 35.5. The molecule has 1 aromatic heterocycles. The van der Waals surface area contributed by atoms with Gasteiger partial charge in [-0.15, -0.1) is 0 Å². The van der Waals surface area contributed by atoms with Gasteiger partial charge in [-0.2, -0.15) is 0 Å². The van der Waals surface area contributed by atoms with Gasteiger partial charge in [0.15, 0.2) is 0 Å². The summed E-state index contributed by atoms with van der Waals surface area (Å²) in [5, 5.41) is 0.540. The van der Waals surface area contributed by atoms with E-state index in [1.165, 1.54) is 12.4 Å². The van der Waals surface area contributed by atoms with E-state index in [1.807, 2.05) is 19.1 Å². The van der Waals surface area contributed by atoms with Crippen molar-refractivity contribution in [1.82, 2.24) is 9.97 Å². The molecular weight excluding hydrogens is 226 g/mol. The fraction of sp³-hybridized carbons (Fsp3) is 0.0909. The molecule has 0 aliphatic carbocycles. The molecule has 0 saturated carbocycles. The van der Waals surface area contributed by atoms with Crippen LogP contribution in [-0.4, -0.2) is 9.97 Å². The lowest BCUT2D eigenvalue weighted by Gasteiger charge is -2.06. The van der Waals surface area contributed by atoms with Gasteiger partial charge in [0.2, 0.25) is 5.88 Å². The van der Waals surface area contributed by atoms with Crippen LogP contribution in [0.1, 0.15) is 5.56 Å². The highest BCUT2D eigenvalue weighted by Crippen LogP contribution is 2.28. The van der Waals surface area contributed by atoms with Crippen LogP contribution in [-0.2, 0) is 0 Å². The Morgan fingerprint density at radius 3 is 2.69 bits per heavy atom. The van der Waals surface area contributed by atoms with Crippen molar-refractivity contribution < 1.29 is 4.74 Å². The normalized spacial score (nSPS) is 10.1. The zero-order valence-electron chi connectivity index (χ0n) is 8.64. The average Bonchev–Trinajstić information content (AvgIpc) is 2.25. The molecule has 1 aromatic carbocycles. The van der Waals surface area contributed by atoms with E-state index in [0.29, 0.717) is 22.5 Å². The summed E-state index contributed by atoms with van der Waals surface area (Å²) in [6.07, 6.45) is 2.88. The van der Waals surface area contributed by atoms with Crippen LogP contribution in [0, 0.1) is 6.92 Å². The van der Waals surface area contributed by atoms with E-state index in [-0.39, 0.29) is 0 Å². The Bertz CT molecular complexity index is 499. The first-order valence-corrected chi connectivity index (χ1v) is 5.04. The van der Waals surface area contributed by atoms with E-state index in [0.717, 1.165) is 5.56 Å². The van der Waals surface area contributed by atoms with Gasteiger partial charge in [0.05, 0.1) is 17.4 Å². The summed E-state index contributed by atoms with van der Waals surface area (Å²) in [4.78, 5) is 7.84. The third-order valence-electron chi connectivity index (χ3n) is 1.95. The number of ether oxygens (including phenoxy) is 1. The van der Waals surface area contributed by atoms with Crippen LogP contribution >= 0.6 is 11.6 Å². The molecule has 82 valence electrons. The highest BCUT2D eigenvalue weighted by molar-refractivity contribution is 6.32. The lowest BCUT2D eigenvalue weighted by molar-refractivity contribution is 0.460. The molecule has 0 unspecified atom stereocenters. The van der Waals surface area contributed by atoms with Crippen molar-refractivity contribution in [3.05, 3.63) is 41.2 Å². The number of rotatable bonds is 2. The van der Waals surface area contributed by atoms with Gasteiger partial charge >= 0.3 is 0 Å². The minimum Gasteiger partial charge on any atom is -0.436 e. The minimum absolute atomic E-state index is 0.349. The number of nitrogen functional groups attached to an aromatic ring is 1. The van der Waals surface area contributed by atoms with Gasteiger partial charge < -0.3 is 10.5 Å². The summed E-state index contributed by atoms with van der Waals surface area (Å²) in [6.45, 7) is 1.96. The average molecular weight is 236 g/mol. The molecule has 0 fully saturated rings. The Labute approximate surface area is 98.0 Å². The number of benzene rings is 1. The zero-order chi connectivity index (χ0) is 11.5. The van der Waals surface area contributed by atoms with Gasteiger partial charge in [-0.1, -0.05) is 17.7 Å². The fourth-order valence-corrected chi connectivity index (χ4v) is 1.45. The lowest BCUT2D eigenvalue weighted by atomic mass is 10.2. The molecule has 1 heterocycles. The molecule has 0 bridgehead atoms. The van der Waals surface area contributed by atoms with Crippen LogP contribution in [0.4, 0.5) is 5.82 Å². The van der Waals surface area contributed by atoms with Crippen molar-refractivity contribution in [2.75, 3.05) is 5.73 Å². The fourth-order valence-electron chi connectivity index (χ4n) is 1.18.